The molecule has 1 aromatic heterocycles. The van der Waals surface area contributed by atoms with Crippen LogP contribution in [0.1, 0.15) is 47.8 Å². The second-order valence-electron chi connectivity index (χ2n) is 8.02. The van der Waals surface area contributed by atoms with E-state index in [1.54, 1.807) is 74.9 Å². The van der Waals surface area contributed by atoms with Crippen LogP contribution in [0, 0.1) is 0 Å². The summed E-state index contributed by atoms with van der Waals surface area (Å²) in [6, 6.07) is 16.7. The van der Waals surface area contributed by atoms with Crippen LogP contribution in [-0.4, -0.2) is 32.1 Å². The number of rotatable bonds is 8. The van der Waals surface area contributed by atoms with Crippen LogP contribution in [0.5, 0.6) is 11.5 Å². The molecule has 3 aromatic rings. The van der Waals surface area contributed by atoms with Crippen LogP contribution in [0.4, 0.5) is 5.69 Å². The fourth-order valence-electron chi connectivity index (χ4n) is 4.22. The molecule has 33 heavy (non-hydrogen) atoms. The molecule has 0 bridgehead atoms. The highest BCUT2D eigenvalue weighted by Gasteiger charge is 2.36. The van der Waals surface area contributed by atoms with Crippen LogP contribution in [0.25, 0.3) is 0 Å². The van der Waals surface area contributed by atoms with E-state index < -0.39 is 11.9 Å². The van der Waals surface area contributed by atoms with Gasteiger partial charge in [0.1, 0.15) is 17.5 Å². The van der Waals surface area contributed by atoms with E-state index in [0.29, 0.717) is 22.7 Å². The third-order valence-electron chi connectivity index (χ3n) is 5.92. The molecular weight excluding hydrogens is 420 g/mol. The molecular formula is C26H28N2O5. The summed E-state index contributed by atoms with van der Waals surface area (Å²) in [4.78, 5) is 28.8. The Labute approximate surface area is 193 Å². The van der Waals surface area contributed by atoms with E-state index in [0.717, 1.165) is 25.7 Å². The molecule has 0 aliphatic heterocycles. The molecule has 4 rings (SSSR count). The van der Waals surface area contributed by atoms with E-state index >= 15 is 0 Å². The van der Waals surface area contributed by atoms with Crippen LogP contribution in [0.2, 0.25) is 0 Å². The Morgan fingerprint density at radius 2 is 1.70 bits per heavy atom. The number of furan rings is 1. The number of hydrogen-bond donors (Lipinski definition) is 1. The minimum absolute atomic E-state index is 0.101. The SMILES string of the molecule is COc1ccc(C(C(=O)NC2CCCC2)N(C(=O)c2ccco2)c2cccc(OC)c2)cc1. The van der Waals surface area contributed by atoms with Crippen molar-refractivity contribution in [3.8, 4) is 11.5 Å². The third kappa shape index (κ3) is 5.03. The Kier molecular flexibility index (Phi) is 6.98. The number of nitrogens with one attached hydrogen (secondary N) is 1. The van der Waals surface area contributed by atoms with Crippen molar-refractivity contribution < 1.29 is 23.5 Å². The van der Waals surface area contributed by atoms with Crippen molar-refractivity contribution in [1.29, 1.82) is 0 Å². The first-order valence-electron chi connectivity index (χ1n) is 11.1. The highest BCUT2D eigenvalue weighted by Crippen LogP contribution is 2.33. The zero-order valence-electron chi connectivity index (χ0n) is 18.8. The van der Waals surface area contributed by atoms with Crippen molar-refractivity contribution in [2.45, 2.75) is 37.8 Å². The number of carbonyl (C=O) groups is 2. The van der Waals surface area contributed by atoms with Gasteiger partial charge in [0.15, 0.2) is 5.76 Å². The van der Waals surface area contributed by atoms with Gasteiger partial charge >= 0.3 is 0 Å². The molecule has 2 aromatic carbocycles. The number of carbonyl (C=O) groups excluding carboxylic acids is 2. The van der Waals surface area contributed by atoms with Gasteiger partial charge in [-0.25, -0.2) is 0 Å². The average molecular weight is 449 g/mol. The highest BCUT2D eigenvalue weighted by molar-refractivity contribution is 6.08. The summed E-state index contributed by atoms with van der Waals surface area (Å²) in [5.41, 5.74) is 1.19. The summed E-state index contributed by atoms with van der Waals surface area (Å²) in [6.07, 6.45) is 5.49. The predicted octanol–water partition coefficient (Wildman–Crippen LogP) is 4.74. The fourth-order valence-corrected chi connectivity index (χ4v) is 4.22. The van der Waals surface area contributed by atoms with E-state index in [1.165, 1.54) is 11.2 Å². The number of anilines is 1. The van der Waals surface area contributed by atoms with Crippen LogP contribution < -0.4 is 19.7 Å². The Balaban J connectivity index is 1.81. The number of amides is 2. The van der Waals surface area contributed by atoms with E-state index in [9.17, 15) is 9.59 Å². The quantitative estimate of drug-likeness (QED) is 0.538. The first-order chi connectivity index (χ1) is 16.1. The zero-order chi connectivity index (χ0) is 23.2. The predicted molar refractivity (Wildman–Crippen MR) is 125 cm³/mol. The Morgan fingerprint density at radius 3 is 2.33 bits per heavy atom. The largest absolute Gasteiger partial charge is 0.497 e. The van der Waals surface area contributed by atoms with Crippen molar-refractivity contribution in [3.63, 3.8) is 0 Å². The molecule has 7 heteroatoms. The Morgan fingerprint density at radius 1 is 0.970 bits per heavy atom. The van der Waals surface area contributed by atoms with Crippen molar-refractivity contribution in [1.82, 2.24) is 5.32 Å². The lowest BCUT2D eigenvalue weighted by molar-refractivity contribution is -0.123. The van der Waals surface area contributed by atoms with E-state index in [2.05, 4.69) is 5.32 Å². The molecule has 1 aliphatic carbocycles. The van der Waals surface area contributed by atoms with Gasteiger partial charge in [-0.05, 0) is 54.8 Å². The van der Waals surface area contributed by atoms with Gasteiger partial charge in [-0.3, -0.25) is 14.5 Å². The molecule has 0 radical (unpaired) electrons. The minimum atomic E-state index is -0.916. The topological polar surface area (TPSA) is 81.0 Å². The van der Waals surface area contributed by atoms with E-state index in [1.807, 2.05) is 0 Å². The van der Waals surface area contributed by atoms with Crippen molar-refractivity contribution in [2.75, 3.05) is 19.1 Å². The van der Waals surface area contributed by atoms with Gasteiger partial charge in [-0.15, -0.1) is 0 Å². The summed E-state index contributed by atoms with van der Waals surface area (Å²) in [6.45, 7) is 0. The molecule has 1 unspecified atom stereocenters. The highest BCUT2D eigenvalue weighted by atomic mass is 16.5. The smallest absolute Gasteiger partial charge is 0.294 e. The summed E-state index contributed by atoms with van der Waals surface area (Å²) in [5, 5.41) is 3.16. The van der Waals surface area contributed by atoms with Gasteiger partial charge in [0.05, 0.1) is 20.5 Å². The van der Waals surface area contributed by atoms with E-state index in [-0.39, 0.29) is 17.7 Å². The molecule has 1 saturated carbocycles. The first-order valence-corrected chi connectivity index (χ1v) is 11.1. The molecule has 1 aliphatic rings. The second kappa shape index (κ2) is 10.3. The monoisotopic (exact) mass is 448 g/mol. The Bertz CT molecular complexity index is 1070. The number of nitrogens with zero attached hydrogens (tertiary/aromatic N) is 1. The maximum atomic E-state index is 13.7. The molecule has 2 amide bonds. The maximum Gasteiger partial charge on any atom is 0.294 e. The molecule has 1 heterocycles. The zero-order valence-corrected chi connectivity index (χ0v) is 18.8. The van der Waals surface area contributed by atoms with Gasteiger partial charge in [0.2, 0.25) is 5.91 Å². The summed E-state index contributed by atoms with van der Waals surface area (Å²) < 4.78 is 16.1. The molecule has 1 fully saturated rings. The standard InChI is InChI=1S/C26H28N2O5/c1-31-21-14-12-18(13-15-21)24(25(29)27-19-7-3-4-8-19)28(26(30)23-11-6-16-33-23)20-9-5-10-22(17-20)32-2/h5-6,9-17,19,24H,3-4,7-8H2,1-2H3,(H,27,29). The molecule has 7 nitrogen and oxygen atoms in total. The molecule has 0 spiro atoms. The normalized spacial score (nSPS) is 14.5. The van der Waals surface area contributed by atoms with Crippen LogP contribution in [0.15, 0.2) is 71.3 Å². The van der Waals surface area contributed by atoms with Gasteiger partial charge in [0, 0.05) is 17.8 Å². The van der Waals surface area contributed by atoms with Gasteiger partial charge in [-0.2, -0.15) is 0 Å². The van der Waals surface area contributed by atoms with Crippen LogP contribution in [0.3, 0.4) is 0 Å². The molecule has 0 saturated heterocycles. The van der Waals surface area contributed by atoms with Crippen LogP contribution in [-0.2, 0) is 4.79 Å². The number of methoxy groups -OCH3 is 2. The van der Waals surface area contributed by atoms with E-state index in [4.69, 9.17) is 13.9 Å². The first kappa shape index (κ1) is 22.5. The number of hydrogen-bond acceptors (Lipinski definition) is 5. The lowest BCUT2D eigenvalue weighted by atomic mass is 10.0. The lowest BCUT2D eigenvalue weighted by Crippen LogP contribution is -2.46. The van der Waals surface area contributed by atoms with Crippen molar-refractivity contribution >= 4 is 17.5 Å². The molecule has 172 valence electrons. The lowest BCUT2D eigenvalue weighted by Gasteiger charge is -2.32. The molecule has 1 atom stereocenters. The summed E-state index contributed by atoms with van der Waals surface area (Å²) >= 11 is 0. The van der Waals surface area contributed by atoms with Gasteiger partial charge in [0.25, 0.3) is 5.91 Å². The summed E-state index contributed by atoms with van der Waals surface area (Å²) in [5.74, 6) is 0.726. The average Bonchev–Trinajstić information content (AvgIpc) is 3.57. The number of benzene rings is 2. The van der Waals surface area contributed by atoms with Gasteiger partial charge < -0.3 is 19.2 Å². The van der Waals surface area contributed by atoms with Crippen LogP contribution >= 0.6 is 0 Å². The summed E-state index contributed by atoms with van der Waals surface area (Å²) in [7, 11) is 3.15. The molecule has 1 N–H and O–H groups in total. The fraction of sp³-hybridized carbons (Fsp3) is 0.308. The second-order valence-corrected chi connectivity index (χ2v) is 8.02. The van der Waals surface area contributed by atoms with Crippen molar-refractivity contribution in [3.05, 3.63) is 78.3 Å². The third-order valence-corrected chi connectivity index (χ3v) is 5.92. The van der Waals surface area contributed by atoms with Gasteiger partial charge in [-0.1, -0.05) is 31.0 Å². The Hall–Kier alpha value is -3.74. The minimum Gasteiger partial charge on any atom is -0.497 e. The maximum absolute atomic E-state index is 13.7. The van der Waals surface area contributed by atoms with Crippen molar-refractivity contribution in [2.24, 2.45) is 0 Å². The number of ether oxygens (including phenoxy) is 2.